The third-order valence-electron chi connectivity index (χ3n) is 6.71. The summed E-state index contributed by atoms with van der Waals surface area (Å²) in [6.07, 6.45) is 0.716. The molecule has 202 valence electrons. The fraction of sp³-hybridized carbons (Fsp3) is 0.481. The largest absolute Gasteiger partial charge is 0.461 e. The number of rotatable bonds is 6. The molecule has 2 aliphatic rings. The van der Waals surface area contributed by atoms with Gasteiger partial charge in [0.2, 0.25) is 12.2 Å². The van der Waals surface area contributed by atoms with Gasteiger partial charge in [0.05, 0.1) is 41.8 Å². The summed E-state index contributed by atoms with van der Waals surface area (Å²) < 4.78 is 31.4. The fourth-order valence-corrected chi connectivity index (χ4v) is 4.53. The molecule has 3 aromatic rings. The van der Waals surface area contributed by atoms with Crippen LogP contribution in [0, 0.1) is 11.2 Å². The van der Waals surface area contributed by atoms with E-state index in [1.54, 1.807) is 24.4 Å². The van der Waals surface area contributed by atoms with E-state index in [4.69, 9.17) is 19.2 Å². The number of carbonyl (C=O) groups is 1. The number of aromatic nitrogens is 4. The molecule has 0 aliphatic carbocycles. The molecule has 2 saturated heterocycles. The second-order valence-corrected chi connectivity index (χ2v) is 10.4. The molecule has 10 nitrogen and oxygen atoms in total. The van der Waals surface area contributed by atoms with Crippen molar-refractivity contribution in [2.45, 2.75) is 33.2 Å². The molecule has 11 heteroatoms. The van der Waals surface area contributed by atoms with E-state index in [0.29, 0.717) is 41.6 Å². The summed E-state index contributed by atoms with van der Waals surface area (Å²) in [5.74, 6) is 0.122. The molecule has 5 rings (SSSR count). The van der Waals surface area contributed by atoms with Crippen LogP contribution in [-0.4, -0.2) is 88.2 Å². The topological polar surface area (TPSA) is 106 Å². The molecule has 1 amide bonds. The highest BCUT2D eigenvalue weighted by molar-refractivity contribution is 5.83. The van der Waals surface area contributed by atoms with E-state index in [1.165, 1.54) is 12.1 Å². The summed E-state index contributed by atoms with van der Waals surface area (Å²) in [7, 11) is 2.05. The Bertz CT molecular complexity index is 1260. The van der Waals surface area contributed by atoms with Crippen molar-refractivity contribution >= 4 is 5.91 Å². The molecule has 1 N–H and O–H groups in total. The summed E-state index contributed by atoms with van der Waals surface area (Å²) in [4.78, 5) is 34.1. The first-order chi connectivity index (χ1) is 18.2. The van der Waals surface area contributed by atoms with Gasteiger partial charge in [-0.15, -0.1) is 0 Å². The molecule has 0 atom stereocenters. The number of amides is 1. The van der Waals surface area contributed by atoms with E-state index in [0.717, 1.165) is 13.1 Å². The van der Waals surface area contributed by atoms with Crippen molar-refractivity contribution in [2.24, 2.45) is 5.41 Å². The first-order valence-corrected chi connectivity index (χ1v) is 12.8. The number of hydrogen-bond donors (Lipinski definition) is 1. The van der Waals surface area contributed by atoms with Crippen molar-refractivity contribution in [3.05, 3.63) is 48.2 Å². The van der Waals surface area contributed by atoms with Gasteiger partial charge in [-0.3, -0.25) is 4.79 Å². The molecule has 0 radical (unpaired) electrons. The fourth-order valence-electron chi connectivity index (χ4n) is 4.53. The van der Waals surface area contributed by atoms with Crippen LogP contribution in [0.1, 0.15) is 32.9 Å². The Morgan fingerprint density at radius 2 is 1.79 bits per heavy atom. The second-order valence-electron chi connectivity index (χ2n) is 10.4. The maximum absolute atomic E-state index is 13.6. The van der Waals surface area contributed by atoms with E-state index in [2.05, 4.69) is 26.9 Å². The van der Waals surface area contributed by atoms with E-state index in [1.807, 2.05) is 25.7 Å². The molecule has 38 heavy (non-hydrogen) atoms. The summed E-state index contributed by atoms with van der Waals surface area (Å²) in [5, 5.41) is 0. The minimum absolute atomic E-state index is 0.0369. The van der Waals surface area contributed by atoms with Gasteiger partial charge in [-0.25, -0.2) is 14.4 Å². The van der Waals surface area contributed by atoms with Gasteiger partial charge in [-0.2, -0.15) is 4.98 Å². The SMILES string of the molecule is CC(C)Oc1nccc(-c2[nH]c(C3OCC(C)(C(=O)N4CCN(C)CC4)CO3)nc2-c2ccc(F)cc2)n1. The summed E-state index contributed by atoms with van der Waals surface area (Å²) in [6, 6.07) is 8.04. The van der Waals surface area contributed by atoms with Gasteiger partial charge in [-0.1, -0.05) is 0 Å². The number of aromatic amines is 1. The van der Waals surface area contributed by atoms with E-state index < -0.39 is 11.7 Å². The van der Waals surface area contributed by atoms with Crippen molar-refractivity contribution < 1.29 is 23.4 Å². The standard InChI is InChI=1S/C27H33FN6O4/c1-17(2)38-26-29-10-9-20(30-26)22-21(18-5-7-19(28)8-6-18)31-23(32-22)24-36-15-27(3,16-37-24)25(35)34-13-11-33(4)12-14-34/h5-10,17,24H,11-16H2,1-4H3,(H,31,32). The van der Waals surface area contributed by atoms with Crippen LogP contribution in [0.4, 0.5) is 4.39 Å². The van der Waals surface area contributed by atoms with Crippen LogP contribution in [0.5, 0.6) is 6.01 Å². The molecule has 0 saturated carbocycles. The number of nitrogens with one attached hydrogen (secondary N) is 1. The van der Waals surface area contributed by atoms with E-state index >= 15 is 0 Å². The number of nitrogens with zero attached hydrogens (tertiary/aromatic N) is 5. The normalized spacial score (nSPS) is 22.6. The zero-order valence-corrected chi connectivity index (χ0v) is 22.1. The van der Waals surface area contributed by atoms with Gasteiger partial charge in [0.25, 0.3) is 0 Å². The lowest BCUT2D eigenvalue weighted by atomic mass is 9.90. The third kappa shape index (κ3) is 5.54. The number of carbonyl (C=O) groups excluding carboxylic acids is 1. The summed E-state index contributed by atoms with van der Waals surface area (Å²) in [5.41, 5.74) is 1.62. The van der Waals surface area contributed by atoms with Crippen LogP contribution < -0.4 is 4.74 Å². The lowest BCUT2D eigenvalue weighted by molar-refractivity contribution is -0.234. The molecular weight excluding hydrogens is 491 g/mol. The number of imidazole rings is 1. The van der Waals surface area contributed by atoms with E-state index in [-0.39, 0.29) is 37.1 Å². The average Bonchev–Trinajstić information content (AvgIpc) is 3.35. The van der Waals surface area contributed by atoms with Crippen LogP contribution in [0.2, 0.25) is 0 Å². The van der Waals surface area contributed by atoms with Crippen LogP contribution in [0.15, 0.2) is 36.5 Å². The number of benzene rings is 1. The minimum atomic E-state index is -0.801. The van der Waals surface area contributed by atoms with Gasteiger partial charge in [0.15, 0.2) is 5.82 Å². The van der Waals surface area contributed by atoms with E-state index in [9.17, 15) is 9.18 Å². The first-order valence-electron chi connectivity index (χ1n) is 12.8. The van der Waals surface area contributed by atoms with Gasteiger partial charge >= 0.3 is 6.01 Å². The van der Waals surface area contributed by atoms with Crippen molar-refractivity contribution in [3.63, 3.8) is 0 Å². The van der Waals surface area contributed by atoms with Crippen LogP contribution in [-0.2, 0) is 14.3 Å². The lowest BCUT2D eigenvalue weighted by Crippen LogP contribution is -2.55. The van der Waals surface area contributed by atoms with Gasteiger partial charge in [-0.05, 0) is 58.2 Å². The smallest absolute Gasteiger partial charge is 0.317 e. The van der Waals surface area contributed by atoms with Crippen LogP contribution >= 0.6 is 0 Å². The van der Waals surface area contributed by atoms with Gasteiger partial charge in [0, 0.05) is 37.9 Å². The van der Waals surface area contributed by atoms with Crippen molar-refractivity contribution in [1.29, 1.82) is 0 Å². The van der Waals surface area contributed by atoms with Crippen molar-refractivity contribution in [2.75, 3.05) is 46.4 Å². The predicted molar refractivity (Wildman–Crippen MR) is 138 cm³/mol. The Balaban J connectivity index is 1.39. The molecule has 0 unspecified atom stereocenters. The highest BCUT2D eigenvalue weighted by Gasteiger charge is 2.43. The third-order valence-corrected chi connectivity index (χ3v) is 6.71. The minimum Gasteiger partial charge on any atom is -0.461 e. The van der Waals surface area contributed by atoms with Crippen molar-refractivity contribution in [1.82, 2.24) is 29.7 Å². The number of ether oxygens (including phenoxy) is 3. The summed E-state index contributed by atoms with van der Waals surface area (Å²) >= 11 is 0. The molecule has 2 fully saturated rings. The highest BCUT2D eigenvalue weighted by atomic mass is 19.1. The Morgan fingerprint density at radius 1 is 1.11 bits per heavy atom. The number of likely N-dealkylation sites (N-methyl/N-ethyl adjacent to an activating group) is 1. The molecule has 2 aromatic heterocycles. The second kappa shape index (κ2) is 10.8. The molecular formula is C27H33FN6O4. The number of halogens is 1. The Labute approximate surface area is 221 Å². The quantitative estimate of drug-likeness (QED) is 0.524. The maximum atomic E-state index is 13.6. The van der Waals surface area contributed by atoms with Gasteiger partial charge < -0.3 is 29.0 Å². The van der Waals surface area contributed by atoms with Gasteiger partial charge in [0.1, 0.15) is 5.82 Å². The molecule has 1 aromatic carbocycles. The molecule has 4 heterocycles. The average molecular weight is 525 g/mol. The zero-order valence-electron chi connectivity index (χ0n) is 22.1. The molecule has 2 aliphatic heterocycles. The zero-order chi connectivity index (χ0) is 26.9. The lowest BCUT2D eigenvalue weighted by Gasteiger charge is -2.41. The first kappa shape index (κ1) is 26.2. The number of hydrogen-bond acceptors (Lipinski definition) is 8. The van der Waals surface area contributed by atoms with Crippen LogP contribution in [0.3, 0.4) is 0 Å². The number of piperazine rings is 1. The molecule has 0 spiro atoms. The Kier molecular flexibility index (Phi) is 7.42. The monoisotopic (exact) mass is 524 g/mol. The Morgan fingerprint density at radius 3 is 2.45 bits per heavy atom. The van der Waals surface area contributed by atoms with Crippen molar-refractivity contribution in [3.8, 4) is 28.7 Å². The summed E-state index contributed by atoms with van der Waals surface area (Å²) in [6.45, 7) is 9.15. The maximum Gasteiger partial charge on any atom is 0.317 e. The highest BCUT2D eigenvalue weighted by Crippen LogP contribution is 2.36. The number of H-pyrrole nitrogens is 1. The Hall–Kier alpha value is -3.41. The van der Waals surface area contributed by atoms with Crippen LogP contribution in [0.25, 0.3) is 22.6 Å². The molecule has 0 bridgehead atoms. The predicted octanol–water partition coefficient (Wildman–Crippen LogP) is 3.29.